The third kappa shape index (κ3) is 6.05. The van der Waals surface area contributed by atoms with E-state index < -0.39 is 10.0 Å². The third-order valence-corrected chi connectivity index (χ3v) is 6.83. The smallest absolute Gasteiger partial charge is 0.261 e. The maximum Gasteiger partial charge on any atom is 0.261 e. The van der Waals surface area contributed by atoms with Crippen molar-refractivity contribution in [1.82, 2.24) is 10.3 Å². The number of nitrogens with zero attached hydrogens (tertiary/aromatic N) is 2. The molecular weight excluding hydrogens is 452 g/mol. The number of methoxy groups -OCH3 is 1. The number of aryl methyl sites for hydroxylation is 1. The molecule has 8 nitrogen and oxygen atoms in total. The largest absolute Gasteiger partial charge is 0.497 e. The number of amides is 1. The highest BCUT2D eigenvalue weighted by molar-refractivity contribution is 7.92. The van der Waals surface area contributed by atoms with Crippen molar-refractivity contribution in [3.8, 4) is 5.75 Å². The highest BCUT2D eigenvalue weighted by Crippen LogP contribution is 2.21. The Kier molecular flexibility index (Phi) is 8.12. The number of hydrogen-bond acceptors (Lipinski definition) is 6. The van der Waals surface area contributed by atoms with Gasteiger partial charge in [0.25, 0.3) is 15.9 Å². The lowest BCUT2D eigenvalue weighted by atomic mass is 10.1. The molecule has 1 aromatic heterocycles. The normalized spacial score (nSPS) is 11.1. The minimum atomic E-state index is -3.88. The molecule has 0 bridgehead atoms. The van der Waals surface area contributed by atoms with Gasteiger partial charge in [0.2, 0.25) is 0 Å². The van der Waals surface area contributed by atoms with Gasteiger partial charge in [0.1, 0.15) is 11.6 Å². The van der Waals surface area contributed by atoms with Gasteiger partial charge >= 0.3 is 0 Å². The van der Waals surface area contributed by atoms with Crippen molar-refractivity contribution in [2.45, 2.75) is 32.2 Å². The SMILES string of the molecule is CCN(CC)c1ccc(CNC(=O)c2cc(S(=O)(=O)Nc3ccc(OC)cc3)ccc2C)cn1. The average Bonchev–Trinajstić information content (AvgIpc) is 2.84. The number of pyridine rings is 1. The molecule has 0 aliphatic carbocycles. The third-order valence-electron chi connectivity index (χ3n) is 5.46. The van der Waals surface area contributed by atoms with E-state index in [4.69, 9.17) is 4.74 Å². The molecule has 180 valence electrons. The van der Waals surface area contributed by atoms with Crippen LogP contribution < -0.4 is 19.7 Å². The summed E-state index contributed by atoms with van der Waals surface area (Å²) in [4.78, 5) is 19.5. The van der Waals surface area contributed by atoms with E-state index in [0.717, 1.165) is 24.5 Å². The fraction of sp³-hybridized carbons (Fsp3) is 0.280. The van der Waals surface area contributed by atoms with Gasteiger partial charge in [-0.3, -0.25) is 9.52 Å². The zero-order valence-electron chi connectivity index (χ0n) is 19.8. The molecule has 1 amide bonds. The first-order chi connectivity index (χ1) is 16.3. The standard InChI is InChI=1S/C25H30N4O4S/c1-5-29(6-2)24-14-8-19(16-26-24)17-27-25(30)23-15-22(13-7-18(23)3)34(31,32)28-20-9-11-21(33-4)12-10-20/h7-16,28H,5-6,17H2,1-4H3,(H,27,30). The predicted octanol–water partition coefficient (Wildman–Crippen LogP) is 3.98. The molecule has 2 aromatic carbocycles. The summed E-state index contributed by atoms with van der Waals surface area (Å²) in [7, 11) is -2.34. The second kappa shape index (κ2) is 11.0. The van der Waals surface area contributed by atoms with Crippen LogP contribution in [-0.2, 0) is 16.6 Å². The molecule has 34 heavy (non-hydrogen) atoms. The van der Waals surface area contributed by atoms with E-state index in [1.165, 1.54) is 19.2 Å². The van der Waals surface area contributed by atoms with Crippen LogP contribution in [0.15, 0.2) is 65.7 Å². The monoisotopic (exact) mass is 482 g/mol. The number of nitrogens with one attached hydrogen (secondary N) is 2. The molecule has 9 heteroatoms. The molecule has 0 radical (unpaired) electrons. The van der Waals surface area contributed by atoms with Gasteiger partial charge in [0.15, 0.2) is 0 Å². The zero-order chi connectivity index (χ0) is 24.7. The number of anilines is 2. The van der Waals surface area contributed by atoms with Crippen molar-refractivity contribution in [2.24, 2.45) is 0 Å². The maximum absolute atomic E-state index is 12.9. The Labute approximate surface area is 201 Å². The number of benzene rings is 2. The van der Waals surface area contributed by atoms with Gasteiger partial charge in [-0.15, -0.1) is 0 Å². The quantitative estimate of drug-likeness (QED) is 0.453. The van der Waals surface area contributed by atoms with Crippen molar-refractivity contribution in [3.63, 3.8) is 0 Å². The van der Waals surface area contributed by atoms with E-state index in [9.17, 15) is 13.2 Å². The molecule has 0 aliphatic heterocycles. The minimum Gasteiger partial charge on any atom is -0.497 e. The summed E-state index contributed by atoms with van der Waals surface area (Å²) in [6.07, 6.45) is 1.74. The van der Waals surface area contributed by atoms with E-state index in [2.05, 4.69) is 33.8 Å². The second-order valence-electron chi connectivity index (χ2n) is 7.69. The van der Waals surface area contributed by atoms with Crippen LogP contribution in [0.1, 0.15) is 35.3 Å². The van der Waals surface area contributed by atoms with Gasteiger partial charge in [0.05, 0.1) is 12.0 Å². The lowest BCUT2D eigenvalue weighted by molar-refractivity contribution is 0.0950. The van der Waals surface area contributed by atoms with Crippen molar-refractivity contribution in [3.05, 3.63) is 77.5 Å². The predicted molar refractivity (Wildman–Crippen MR) is 134 cm³/mol. The number of sulfonamides is 1. The Bertz CT molecular complexity index is 1220. The number of rotatable bonds is 10. The molecule has 0 saturated carbocycles. The summed E-state index contributed by atoms with van der Waals surface area (Å²) in [6, 6.07) is 14.9. The molecule has 0 saturated heterocycles. The van der Waals surface area contributed by atoms with Crippen LogP contribution in [0, 0.1) is 6.92 Å². The van der Waals surface area contributed by atoms with Crippen LogP contribution in [0.5, 0.6) is 5.75 Å². The molecule has 0 fully saturated rings. The van der Waals surface area contributed by atoms with E-state index in [1.54, 1.807) is 43.5 Å². The fourth-order valence-electron chi connectivity index (χ4n) is 3.42. The highest BCUT2D eigenvalue weighted by atomic mass is 32.2. The summed E-state index contributed by atoms with van der Waals surface area (Å²) in [6.45, 7) is 7.93. The lowest BCUT2D eigenvalue weighted by Gasteiger charge is -2.19. The van der Waals surface area contributed by atoms with Gasteiger partial charge in [-0.05, 0) is 74.4 Å². The molecule has 1 heterocycles. The molecule has 0 spiro atoms. The second-order valence-corrected chi connectivity index (χ2v) is 9.37. The van der Waals surface area contributed by atoms with Crippen molar-refractivity contribution in [1.29, 1.82) is 0 Å². The Morgan fingerprint density at radius 1 is 1.03 bits per heavy atom. The van der Waals surface area contributed by atoms with Gasteiger partial charge in [-0.2, -0.15) is 0 Å². The first kappa shape index (κ1) is 25.0. The van der Waals surface area contributed by atoms with Crippen LogP contribution in [0.4, 0.5) is 11.5 Å². The van der Waals surface area contributed by atoms with E-state index >= 15 is 0 Å². The molecule has 3 rings (SSSR count). The van der Waals surface area contributed by atoms with Gasteiger partial charge in [-0.25, -0.2) is 13.4 Å². The van der Waals surface area contributed by atoms with Crippen molar-refractivity contribution in [2.75, 3.05) is 29.8 Å². The molecular formula is C25H30N4O4S. The van der Waals surface area contributed by atoms with E-state index in [1.807, 2.05) is 12.1 Å². The van der Waals surface area contributed by atoms with E-state index in [-0.39, 0.29) is 17.3 Å². The van der Waals surface area contributed by atoms with E-state index in [0.29, 0.717) is 22.6 Å². The Balaban J connectivity index is 1.71. The number of carbonyl (C=O) groups excluding carboxylic acids is 1. The summed E-state index contributed by atoms with van der Waals surface area (Å²) in [5.41, 5.74) is 2.22. The molecule has 2 N–H and O–H groups in total. The summed E-state index contributed by atoms with van der Waals surface area (Å²) < 4.78 is 33.4. The fourth-order valence-corrected chi connectivity index (χ4v) is 4.50. The van der Waals surface area contributed by atoms with Crippen LogP contribution in [0.2, 0.25) is 0 Å². The van der Waals surface area contributed by atoms with Crippen LogP contribution in [0.3, 0.4) is 0 Å². The summed E-state index contributed by atoms with van der Waals surface area (Å²) in [5.74, 6) is 1.15. The Hall–Kier alpha value is -3.59. The average molecular weight is 483 g/mol. The molecule has 0 unspecified atom stereocenters. The van der Waals surface area contributed by atoms with Crippen LogP contribution >= 0.6 is 0 Å². The topological polar surface area (TPSA) is 101 Å². The number of ether oxygens (including phenoxy) is 1. The lowest BCUT2D eigenvalue weighted by Crippen LogP contribution is -2.25. The first-order valence-electron chi connectivity index (χ1n) is 11.0. The molecule has 3 aromatic rings. The maximum atomic E-state index is 12.9. The van der Waals surface area contributed by atoms with Crippen molar-refractivity contribution >= 4 is 27.4 Å². The minimum absolute atomic E-state index is 0.00399. The molecule has 0 aliphatic rings. The zero-order valence-corrected chi connectivity index (χ0v) is 20.6. The van der Waals surface area contributed by atoms with Crippen LogP contribution in [-0.4, -0.2) is 39.5 Å². The number of aromatic nitrogens is 1. The van der Waals surface area contributed by atoms with Gasteiger partial charge < -0.3 is 15.0 Å². The number of carbonyl (C=O) groups is 1. The van der Waals surface area contributed by atoms with Crippen LogP contribution in [0.25, 0.3) is 0 Å². The highest BCUT2D eigenvalue weighted by Gasteiger charge is 2.18. The molecule has 0 atom stereocenters. The van der Waals surface area contributed by atoms with Gasteiger partial charge in [-0.1, -0.05) is 12.1 Å². The number of hydrogen-bond donors (Lipinski definition) is 2. The summed E-state index contributed by atoms with van der Waals surface area (Å²) in [5, 5.41) is 2.85. The Morgan fingerprint density at radius 3 is 2.32 bits per heavy atom. The van der Waals surface area contributed by atoms with Gasteiger partial charge in [0, 0.05) is 37.1 Å². The Morgan fingerprint density at radius 2 is 1.74 bits per heavy atom. The van der Waals surface area contributed by atoms with Crippen molar-refractivity contribution < 1.29 is 17.9 Å². The summed E-state index contributed by atoms with van der Waals surface area (Å²) >= 11 is 0. The first-order valence-corrected chi connectivity index (χ1v) is 12.5.